The minimum absolute atomic E-state index is 0.110. The third-order valence-electron chi connectivity index (χ3n) is 11.9. The largest absolute Gasteiger partial charge is 0.505 e. The Labute approximate surface area is 405 Å². The van der Waals surface area contributed by atoms with Crippen LogP contribution in [-0.2, 0) is 0 Å². The van der Waals surface area contributed by atoms with Gasteiger partial charge < -0.3 is 20.8 Å². The van der Waals surface area contributed by atoms with Crippen LogP contribution in [0, 0.1) is 27.7 Å². The Morgan fingerprint density at radius 2 is 0.757 bits per heavy atom. The molecule has 0 heterocycles. The molecule has 0 atom stereocenters. The summed E-state index contributed by atoms with van der Waals surface area (Å²) < 4.78 is 0. The van der Waals surface area contributed by atoms with Crippen molar-refractivity contribution in [2.45, 2.75) is 27.7 Å². The average Bonchev–Trinajstić information content (AvgIpc) is 3.36. The second-order valence-electron chi connectivity index (χ2n) is 17.1. The van der Waals surface area contributed by atoms with Crippen LogP contribution in [0.25, 0.3) is 45.8 Å². The van der Waals surface area contributed by atoms with Crippen molar-refractivity contribution in [1.82, 2.24) is 0 Å². The molecular formula is C60H48N6O4. The standard InChI is InChI=1S/C60H48N6O4/c1-37-13-31-53(39(3)33-37)61-59(69)51-35-45-9-5-7-11-49(45)55(57(51)67)65-63-47-27-23-43(24-28-47)21-19-41-15-17-42(18-16-41)20-22-44-25-29-48(30-26-44)64-66-56-50-12-8-6-10-46(50)36-52(58(56)68)60(70)62-54-32-14-38(2)34-40(54)4/h5-36,67-68H,1-4H3,(H,61,69)(H,62,70). The topological polar surface area (TPSA) is 148 Å². The lowest BCUT2D eigenvalue weighted by atomic mass is 10.0. The van der Waals surface area contributed by atoms with Crippen LogP contribution in [-0.4, -0.2) is 22.0 Å². The number of hydrogen-bond acceptors (Lipinski definition) is 8. The summed E-state index contributed by atoms with van der Waals surface area (Å²) in [5.41, 5.74) is 11.2. The number of amides is 2. The van der Waals surface area contributed by atoms with Crippen LogP contribution in [0.5, 0.6) is 11.5 Å². The van der Waals surface area contributed by atoms with Crippen LogP contribution in [0.1, 0.15) is 65.2 Å². The van der Waals surface area contributed by atoms with Gasteiger partial charge in [-0.25, -0.2) is 0 Å². The molecule has 9 rings (SSSR count). The van der Waals surface area contributed by atoms with Crippen LogP contribution >= 0.6 is 0 Å². The Morgan fingerprint density at radius 1 is 0.414 bits per heavy atom. The highest BCUT2D eigenvalue weighted by Gasteiger charge is 2.21. The van der Waals surface area contributed by atoms with Gasteiger partial charge in [0.2, 0.25) is 0 Å². The summed E-state index contributed by atoms with van der Waals surface area (Å²) in [6, 6.07) is 53.2. The van der Waals surface area contributed by atoms with Crippen LogP contribution in [0.3, 0.4) is 0 Å². The molecule has 2 amide bonds. The number of nitrogens with zero attached hydrogens (tertiary/aromatic N) is 4. The van der Waals surface area contributed by atoms with E-state index in [2.05, 4.69) is 55.4 Å². The number of phenols is 2. The van der Waals surface area contributed by atoms with Gasteiger partial charge in [0, 0.05) is 22.1 Å². The predicted octanol–water partition coefficient (Wildman–Crippen LogP) is 16.3. The lowest BCUT2D eigenvalue weighted by Crippen LogP contribution is -2.13. The van der Waals surface area contributed by atoms with Crippen LogP contribution in [0.15, 0.2) is 190 Å². The zero-order valence-corrected chi connectivity index (χ0v) is 39.0. The first-order valence-electron chi connectivity index (χ1n) is 22.7. The van der Waals surface area contributed by atoms with Gasteiger partial charge in [-0.05, 0) is 120 Å². The number of benzene rings is 9. The van der Waals surface area contributed by atoms with E-state index in [1.54, 1.807) is 12.1 Å². The fourth-order valence-electron chi connectivity index (χ4n) is 8.09. The minimum atomic E-state index is -0.437. The van der Waals surface area contributed by atoms with Crippen molar-refractivity contribution < 1.29 is 19.8 Å². The first-order chi connectivity index (χ1) is 33.9. The minimum Gasteiger partial charge on any atom is -0.505 e. The Morgan fingerprint density at radius 3 is 1.11 bits per heavy atom. The number of carbonyl (C=O) groups excluding carboxylic acids is 2. The van der Waals surface area contributed by atoms with Crippen molar-refractivity contribution >= 4 is 91.8 Å². The SMILES string of the molecule is Cc1ccc(NC(=O)c2cc3ccccc3c(N=Nc3ccc(C=Cc4ccc(C=Cc5ccc(N=Nc6c(O)c(C(=O)Nc7ccc(C)cc7C)cc7ccccc67)cc5)cc4)cc3)c2O)c(C)c1. The molecule has 9 aromatic rings. The monoisotopic (exact) mass is 916 g/mol. The summed E-state index contributed by atoms with van der Waals surface area (Å²) in [6.07, 6.45) is 8.12. The maximum atomic E-state index is 13.4. The number of azo groups is 2. The van der Waals surface area contributed by atoms with Crippen LogP contribution in [0.4, 0.5) is 34.1 Å². The second kappa shape index (κ2) is 20.3. The van der Waals surface area contributed by atoms with Crippen molar-refractivity contribution in [3.05, 3.63) is 225 Å². The summed E-state index contributed by atoms with van der Waals surface area (Å²) in [7, 11) is 0. The summed E-state index contributed by atoms with van der Waals surface area (Å²) in [6.45, 7) is 7.85. The zero-order chi connectivity index (χ0) is 48.7. The van der Waals surface area contributed by atoms with Gasteiger partial charge in [0.05, 0.1) is 22.5 Å². The highest BCUT2D eigenvalue weighted by atomic mass is 16.3. The first kappa shape index (κ1) is 45.9. The third kappa shape index (κ3) is 10.5. The molecule has 10 nitrogen and oxygen atoms in total. The molecule has 0 saturated carbocycles. The number of fused-ring (bicyclic) bond motifs is 2. The van der Waals surface area contributed by atoms with E-state index in [-0.39, 0.29) is 34.0 Å². The van der Waals surface area contributed by atoms with E-state index in [1.807, 2.05) is 185 Å². The van der Waals surface area contributed by atoms with Gasteiger partial charge in [-0.1, -0.05) is 157 Å². The number of aryl methyl sites for hydroxylation is 4. The van der Waals surface area contributed by atoms with Crippen molar-refractivity contribution in [3.8, 4) is 11.5 Å². The van der Waals surface area contributed by atoms with E-state index in [4.69, 9.17) is 0 Å². The Bertz CT molecular complexity index is 3340. The number of carbonyl (C=O) groups is 2. The third-order valence-corrected chi connectivity index (χ3v) is 11.9. The van der Waals surface area contributed by atoms with Gasteiger partial charge in [-0.2, -0.15) is 10.2 Å². The molecule has 0 aromatic heterocycles. The molecule has 4 N–H and O–H groups in total. The number of nitrogens with one attached hydrogen (secondary N) is 2. The summed E-state index contributed by atoms with van der Waals surface area (Å²) in [5, 5.41) is 49.2. The maximum absolute atomic E-state index is 13.4. The molecule has 0 aliphatic carbocycles. The van der Waals surface area contributed by atoms with Crippen molar-refractivity contribution in [3.63, 3.8) is 0 Å². The van der Waals surface area contributed by atoms with Crippen LogP contribution in [0.2, 0.25) is 0 Å². The molecular weight excluding hydrogens is 869 g/mol. The highest BCUT2D eigenvalue weighted by molar-refractivity contribution is 6.13. The van der Waals surface area contributed by atoms with Gasteiger partial charge in [0.15, 0.2) is 11.5 Å². The summed E-state index contributed by atoms with van der Waals surface area (Å²) in [5.74, 6) is -1.36. The first-order valence-corrected chi connectivity index (χ1v) is 22.7. The molecule has 0 radical (unpaired) electrons. The van der Waals surface area contributed by atoms with Gasteiger partial charge >= 0.3 is 0 Å². The van der Waals surface area contributed by atoms with Gasteiger partial charge in [0.1, 0.15) is 11.4 Å². The molecule has 70 heavy (non-hydrogen) atoms. The summed E-state index contributed by atoms with van der Waals surface area (Å²) >= 11 is 0. The molecule has 0 aliphatic heterocycles. The highest BCUT2D eigenvalue weighted by Crippen LogP contribution is 2.41. The second-order valence-corrected chi connectivity index (χ2v) is 17.1. The lowest BCUT2D eigenvalue weighted by molar-refractivity contribution is 0.101. The molecule has 10 heteroatoms. The normalized spacial score (nSPS) is 11.7. The fraction of sp³-hybridized carbons (Fsp3) is 0.0667. The van der Waals surface area contributed by atoms with Crippen molar-refractivity contribution in [2.75, 3.05) is 10.6 Å². The van der Waals surface area contributed by atoms with E-state index in [0.717, 1.165) is 55.3 Å². The molecule has 0 unspecified atom stereocenters. The number of rotatable bonds is 12. The molecule has 0 spiro atoms. The lowest BCUT2D eigenvalue weighted by Gasteiger charge is -2.12. The quantitative estimate of drug-likeness (QED) is 0.0713. The maximum Gasteiger partial charge on any atom is 0.259 e. The molecule has 342 valence electrons. The van der Waals surface area contributed by atoms with Gasteiger partial charge in [-0.15, -0.1) is 10.2 Å². The number of anilines is 2. The van der Waals surface area contributed by atoms with E-state index >= 15 is 0 Å². The van der Waals surface area contributed by atoms with E-state index < -0.39 is 11.8 Å². The van der Waals surface area contributed by atoms with E-state index in [1.165, 1.54) is 0 Å². The molecule has 0 saturated heterocycles. The number of aromatic hydroxyl groups is 2. The van der Waals surface area contributed by atoms with Gasteiger partial charge in [-0.3, -0.25) is 9.59 Å². The van der Waals surface area contributed by atoms with Crippen molar-refractivity contribution in [2.24, 2.45) is 20.5 Å². The summed E-state index contributed by atoms with van der Waals surface area (Å²) in [4.78, 5) is 26.8. The molecule has 0 aliphatic rings. The average molecular weight is 917 g/mol. The smallest absolute Gasteiger partial charge is 0.259 e. The fourth-order valence-corrected chi connectivity index (χ4v) is 8.09. The number of phenolic OH excluding ortho intramolecular Hbond substituents is 2. The Kier molecular flexibility index (Phi) is 13.3. The Balaban J connectivity index is 0.827. The number of hydrogen-bond donors (Lipinski definition) is 4. The van der Waals surface area contributed by atoms with Crippen LogP contribution < -0.4 is 10.6 Å². The zero-order valence-electron chi connectivity index (χ0n) is 39.0. The molecule has 9 aromatic carbocycles. The van der Waals surface area contributed by atoms with E-state index in [9.17, 15) is 19.8 Å². The van der Waals surface area contributed by atoms with Gasteiger partial charge in [0.25, 0.3) is 11.8 Å². The molecule has 0 bridgehead atoms. The predicted molar refractivity (Wildman–Crippen MR) is 284 cm³/mol. The van der Waals surface area contributed by atoms with Crippen molar-refractivity contribution in [1.29, 1.82) is 0 Å². The Hall–Kier alpha value is -9.28. The van der Waals surface area contributed by atoms with E-state index in [0.29, 0.717) is 33.5 Å². The molecule has 0 fully saturated rings.